The number of carbonyl (C=O) groups excluding carboxylic acids is 1. The summed E-state index contributed by atoms with van der Waals surface area (Å²) in [6.07, 6.45) is 4.24. The van der Waals surface area contributed by atoms with Gasteiger partial charge in [0, 0.05) is 32.2 Å². The molecule has 0 atom stereocenters. The molecule has 0 bridgehead atoms. The second-order valence-electron chi connectivity index (χ2n) is 7.78. The van der Waals surface area contributed by atoms with Crippen molar-refractivity contribution in [2.45, 2.75) is 43.5 Å². The third-order valence-corrected chi connectivity index (χ3v) is 7.50. The summed E-state index contributed by atoms with van der Waals surface area (Å²) in [6.45, 7) is 3.44. The van der Waals surface area contributed by atoms with Crippen LogP contribution < -0.4 is 5.32 Å². The third kappa shape index (κ3) is 5.07. The average Bonchev–Trinajstić information content (AvgIpc) is 2.66. The van der Waals surface area contributed by atoms with E-state index in [0.717, 1.165) is 42.1 Å². The number of piperazine rings is 1. The van der Waals surface area contributed by atoms with Crippen molar-refractivity contribution in [3.63, 3.8) is 0 Å². The molecule has 1 N–H and O–H groups in total. The summed E-state index contributed by atoms with van der Waals surface area (Å²) in [5, 5.41) is 3.06. The first-order valence-electron chi connectivity index (χ1n) is 9.72. The van der Waals surface area contributed by atoms with E-state index in [9.17, 15) is 22.0 Å². The van der Waals surface area contributed by atoms with Crippen LogP contribution in [-0.2, 0) is 14.8 Å². The van der Waals surface area contributed by atoms with Crippen LogP contribution in [0, 0.1) is 17.6 Å². The smallest absolute Gasteiger partial charge is 0.246 e. The summed E-state index contributed by atoms with van der Waals surface area (Å²) >= 11 is 0. The zero-order chi connectivity index (χ0) is 20.3. The molecular weight excluding hydrogens is 388 g/mol. The van der Waals surface area contributed by atoms with Crippen molar-refractivity contribution in [2.75, 3.05) is 32.7 Å². The SMILES string of the molecule is CC1CCC(NC(=O)CN2CCN(S(=O)(=O)c3cc(F)ccc3F)CC2)CC1. The monoisotopic (exact) mass is 415 g/mol. The van der Waals surface area contributed by atoms with Gasteiger partial charge in [-0.3, -0.25) is 9.69 Å². The number of hydrogen-bond donors (Lipinski definition) is 1. The maximum atomic E-state index is 13.9. The number of nitrogens with one attached hydrogen (secondary N) is 1. The summed E-state index contributed by atoms with van der Waals surface area (Å²) < 4.78 is 53.6. The van der Waals surface area contributed by atoms with E-state index in [0.29, 0.717) is 25.1 Å². The van der Waals surface area contributed by atoms with Crippen molar-refractivity contribution in [3.05, 3.63) is 29.8 Å². The molecule has 3 rings (SSSR count). The van der Waals surface area contributed by atoms with Crippen LogP contribution in [-0.4, -0.2) is 62.3 Å². The molecule has 28 heavy (non-hydrogen) atoms. The highest BCUT2D eigenvalue weighted by Gasteiger charge is 2.31. The highest BCUT2D eigenvalue weighted by atomic mass is 32.2. The Morgan fingerprint density at radius 2 is 1.75 bits per heavy atom. The molecule has 156 valence electrons. The highest BCUT2D eigenvalue weighted by Crippen LogP contribution is 2.24. The van der Waals surface area contributed by atoms with Gasteiger partial charge in [0.25, 0.3) is 0 Å². The maximum absolute atomic E-state index is 13.9. The number of hydrogen-bond acceptors (Lipinski definition) is 4. The van der Waals surface area contributed by atoms with Gasteiger partial charge in [0.1, 0.15) is 16.5 Å². The van der Waals surface area contributed by atoms with Gasteiger partial charge in [0.2, 0.25) is 15.9 Å². The Morgan fingerprint density at radius 1 is 1.11 bits per heavy atom. The molecule has 2 fully saturated rings. The van der Waals surface area contributed by atoms with Crippen LogP contribution in [0.4, 0.5) is 8.78 Å². The van der Waals surface area contributed by atoms with E-state index in [1.165, 1.54) is 0 Å². The molecule has 1 aromatic carbocycles. The molecular formula is C19H27F2N3O3S. The van der Waals surface area contributed by atoms with Crippen LogP contribution in [0.15, 0.2) is 23.1 Å². The van der Waals surface area contributed by atoms with Gasteiger partial charge in [0.05, 0.1) is 6.54 Å². The summed E-state index contributed by atoms with van der Waals surface area (Å²) in [5.41, 5.74) is 0. The summed E-state index contributed by atoms with van der Waals surface area (Å²) in [5.74, 6) is -1.10. The van der Waals surface area contributed by atoms with Gasteiger partial charge in [0.15, 0.2) is 0 Å². The summed E-state index contributed by atoms with van der Waals surface area (Å²) in [4.78, 5) is 13.5. The summed E-state index contributed by atoms with van der Waals surface area (Å²) in [6, 6.07) is 2.63. The van der Waals surface area contributed by atoms with Gasteiger partial charge in [-0.15, -0.1) is 0 Å². The van der Waals surface area contributed by atoms with Crippen LogP contribution in [0.2, 0.25) is 0 Å². The maximum Gasteiger partial charge on any atom is 0.246 e. The fourth-order valence-corrected chi connectivity index (χ4v) is 5.32. The lowest BCUT2D eigenvalue weighted by molar-refractivity contribution is -0.123. The van der Waals surface area contributed by atoms with Gasteiger partial charge in [-0.25, -0.2) is 17.2 Å². The van der Waals surface area contributed by atoms with Gasteiger partial charge in [-0.1, -0.05) is 6.92 Å². The van der Waals surface area contributed by atoms with E-state index < -0.39 is 26.6 Å². The first kappa shape index (κ1) is 21.1. The Labute approximate surface area is 164 Å². The molecule has 1 aliphatic carbocycles. The number of amides is 1. The predicted molar refractivity (Wildman–Crippen MR) is 101 cm³/mol. The van der Waals surface area contributed by atoms with Gasteiger partial charge >= 0.3 is 0 Å². The molecule has 6 nitrogen and oxygen atoms in total. The average molecular weight is 416 g/mol. The van der Waals surface area contributed by atoms with Crippen molar-refractivity contribution in [1.82, 2.24) is 14.5 Å². The van der Waals surface area contributed by atoms with Crippen molar-refractivity contribution in [2.24, 2.45) is 5.92 Å². The first-order valence-corrected chi connectivity index (χ1v) is 11.2. The summed E-state index contributed by atoms with van der Waals surface area (Å²) in [7, 11) is -4.10. The van der Waals surface area contributed by atoms with Crippen molar-refractivity contribution in [3.8, 4) is 0 Å². The molecule has 0 spiro atoms. The molecule has 0 unspecified atom stereocenters. The van der Waals surface area contributed by atoms with E-state index in [1.54, 1.807) is 0 Å². The van der Waals surface area contributed by atoms with Gasteiger partial charge in [-0.2, -0.15) is 4.31 Å². The molecule has 1 heterocycles. The fourth-order valence-electron chi connectivity index (χ4n) is 3.82. The second kappa shape index (κ2) is 8.84. The first-order chi connectivity index (χ1) is 13.3. The van der Waals surface area contributed by atoms with E-state index in [-0.39, 0.29) is 31.6 Å². The van der Waals surface area contributed by atoms with E-state index in [4.69, 9.17) is 0 Å². The number of benzene rings is 1. The third-order valence-electron chi connectivity index (χ3n) is 5.59. The van der Waals surface area contributed by atoms with Crippen LogP contribution >= 0.6 is 0 Å². The van der Waals surface area contributed by atoms with Crippen molar-refractivity contribution >= 4 is 15.9 Å². The minimum Gasteiger partial charge on any atom is -0.352 e. The number of sulfonamides is 1. The second-order valence-corrected chi connectivity index (χ2v) is 9.69. The Balaban J connectivity index is 1.51. The Hall–Kier alpha value is -1.58. The lowest BCUT2D eigenvalue weighted by Gasteiger charge is -2.34. The fraction of sp³-hybridized carbons (Fsp3) is 0.632. The largest absolute Gasteiger partial charge is 0.352 e. The number of carbonyl (C=O) groups is 1. The number of rotatable bonds is 5. The molecule has 2 aliphatic rings. The molecule has 0 aromatic heterocycles. The Bertz CT molecular complexity index is 803. The van der Waals surface area contributed by atoms with E-state index in [2.05, 4.69) is 12.2 Å². The van der Waals surface area contributed by atoms with Crippen LogP contribution in [0.25, 0.3) is 0 Å². The topological polar surface area (TPSA) is 69.7 Å². The highest BCUT2D eigenvalue weighted by molar-refractivity contribution is 7.89. The molecule has 9 heteroatoms. The van der Waals surface area contributed by atoms with Crippen LogP contribution in [0.3, 0.4) is 0 Å². The lowest BCUT2D eigenvalue weighted by Crippen LogP contribution is -2.52. The van der Waals surface area contributed by atoms with Crippen molar-refractivity contribution in [1.29, 1.82) is 0 Å². The van der Waals surface area contributed by atoms with Crippen molar-refractivity contribution < 1.29 is 22.0 Å². The van der Waals surface area contributed by atoms with Gasteiger partial charge < -0.3 is 5.32 Å². The Kier molecular flexibility index (Phi) is 6.67. The molecule has 1 aliphatic heterocycles. The molecule has 1 amide bonds. The number of nitrogens with zero attached hydrogens (tertiary/aromatic N) is 2. The molecule has 1 aromatic rings. The zero-order valence-corrected chi connectivity index (χ0v) is 16.9. The zero-order valence-electron chi connectivity index (χ0n) is 16.0. The minimum absolute atomic E-state index is 0.0490. The molecule has 1 saturated heterocycles. The van der Waals surface area contributed by atoms with Crippen LogP contribution in [0.5, 0.6) is 0 Å². The predicted octanol–water partition coefficient (Wildman–Crippen LogP) is 1.97. The standard InChI is InChI=1S/C19H27F2N3O3S/c1-14-2-5-16(6-3-14)22-19(25)13-23-8-10-24(11-9-23)28(26,27)18-12-15(20)4-7-17(18)21/h4,7,12,14,16H,2-3,5-6,8-11,13H2,1H3,(H,22,25). The van der Waals surface area contributed by atoms with Gasteiger partial charge in [-0.05, 0) is 49.8 Å². The lowest BCUT2D eigenvalue weighted by atomic mass is 9.87. The minimum atomic E-state index is -4.10. The normalized spacial score (nSPS) is 24.8. The van der Waals surface area contributed by atoms with Crippen LogP contribution in [0.1, 0.15) is 32.6 Å². The number of halogens is 2. The van der Waals surface area contributed by atoms with E-state index in [1.807, 2.05) is 4.90 Å². The molecule has 1 saturated carbocycles. The quantitative estimate of drug-likeness (QED) is 0.798. The van der Waals surface area contributed by atoms with E-state index >= 15 is 0 Å². The Morgan fingerprint density at radius 3 is 2.39 bits per heavy atom. The molecule has 0 radical (unpaired) electrons.